The van der Waals surface area contributed by atoms with Crippen LogP contribution in [-0.2, 0) is 0 Å². The van der Waals surface area contributed by atoms with Crippen molar-refractivity contribution in [2.24, 2.45) is 5.92 Å². The zero-order valence-corrected chi connectivity index (χ0v) is 10.5. The zero-order chi connectivity index (χ0) is 12.3. The van der Waals surface area contributed by atoms with Gasteiger partial charge in [-0.25, -0.2) is 0 Å². The van der Waals surface area contributed by atoms with Gasteiger partial charge in [0.1, 0.15) is 11.6 Å². The summed E-state index contributed by atoms with van der Waals surface area (Å²) < 4.78 is 0. The van der Waals surface area contributed by atoms with Crippen LogP contribution in [0.1, 0.15) is 37.6 Å². The molecule has 1 N–H and O–H groups in total. The molecule has 4 nitrogen and oxygen atoms in total. The lowest BCUT2D eigenvalue weighted by molar-refractivity contribution is 0.557. The van der Waals surface area contributed by atoms with Crippen molar-refractivity contribution in [3.8, 4) is 6.07 Å². The molecule has 0 aromatic carbocycles. The van der Waals surface area contributed by atoms with E-state index in [1.54, 1.807) is 0 Å². The van der Waals surface area contributed by atoms with Gasteiger partial charge in [0.25, 0.3) is 0 Å². The Kier molecular flexibility index (Phi) is 3.83. The summed E-state index contributed by atoms with van der Waals surface area (Å²) in [6, 6.07) is 2.45. The molecule has 0 amide bonds. The summed E-state index contributed by atoms with van der Waals surface area (Å²) in [5.41, 5.74) is 2.30. The second-order valence-corrected chi connectivity index (χ2v) is 4.42. The first-order chi connectivity index (χ1) is 7.47. The number of aromatic nitrogens is 2. The van der Waals surface area contributed by atoms with Gasteiger partial charge in [-0.05, 0) is 32.3 Å². The molecule has 0 aliphatic carbocycles. The average molecular weight is 218 g/mol. The van der Waals surface area contributed by atoms with Gasteiger partial charge in [-0.3, -0.25) is 0 Å². The standard InChI is InChI=1S/C12H18N4/c1-7(2)9(4)14-12-11(6-13)8(3)10(5)15-16-12/h7,9H,1-5H3,(H,14,16). The molecule has 0 aliphatic rings. The van der Waals surface area contributed by atoms with E-state index in [-0.39, 0.29) is 6.04 Å². The first-order valence-electron chi connectivity index (χ1n) is 5.47. The van der Waals surface area contributed by atoms with Gasteiger partial charge in [-0.1, -0.05) is 13.8 Å². The lowest BCUT2D eigenvalue weighted by atomic mass is 10.1. The molecule has 1 aromatic rings. The summed E-state index contributed by atoms with van der Waals surface area (Å²) in [7, 11) is 0. The minimum atomic E-state index is 0.267. The number of aryl methyl sites for hydroxylation is 1. The lowest BCUT2D eigenvalue weighted by Gasteiger charge is -2.19. The Morgan fingerprint density at radius 3 is 2.31 bits per heavy atom. The maximum Gasteiger partial charge on any atom is 0.167 e. The van der Waals surface area contributed by atoms with Gasteiger partial charge in [-0.2, -0.15) is 10.4 Å². The molecule has 0 bridgehead atoms. The number of rotatable bonds is 3. The van der Waals surface area contributed by atoms with Crippen LogP contribution in [0.4, 0.5) is 5.82 Å². The van der Waals surface area contributed by atoms with Crippen molar-refractivity contribution in [3.05, 3.63) is 16.8 Å². The van der Waals surface area contributed by atoms with E-state index in [9.17, 15) is 0 Å². The number of nitriles is 1. The smallest absolute Gasteiger partial charge is 0.167 e. The Morgan fingerprint density at radius 1 is 1.19 bits per heavy atom. The zero-order valence-electron chi connectivity index (χ0n) is 10.5. The summed E-state index contributed by atoms with van der Waals surface area (Å²) >= 11 is 0. The third-order valence-electron chi connectivity index (χ3n) is 2.93. The highest BCUT2D eigenvalue weighted by Crippen LogP contribution is 2.19. The molecule has 0 saturated heterocycles. The van der Waals surface area contributed by atoms with E-state index in [4.69, 9.17) is 5.26 Å². The quantitative estimate of drug-likeness (QED) is 0.846. The molecular weight excluding hydrogens is 200 g/mol. The van der Waals surface area contributed by atoms with Gasteiger partial charge >= 0.3 is 0 Å². The van der Waals surface area contributed by atoms with Crippen LogP contribution in [0.2, 0.25) is 0 Å². The van der Waals surface area contributed by atoms with E-state index in [0.29, 0.717) is 17.3 Å². The second-order valence-electron chi connectivity index (χ2n) is 4.42. The molecule has 0 saturated carbocycles. The van der Waals surface area contributed by atoms with Crippen molar-refractivity contribution in [1.29, 1.82) is 5.26 Å². The molecule has 1 rings (SSSR count). The maximum atomic E-state index is 9.12. The molecule has 86 valence electrons. The average Bonchev–Trinajstić information content (AvgIpc) is 2.23. The molecule has 0 radical (unpaired) electrons. The van der Waals surface area contributed by atoms with E-state index < -0.39 is 0 Å². The Morgan fingerprint density at radius 2 is 1.81 bits per heavy atom. The SMILES string of the molecule is Cc1nnc(NC(C)C(C)C)c(C#N)c1C. The van der Waals surface area contributed by atoms with Crippen LogP contribution in [-0.4, -0.2) is 16.2 Å². The summed E-state index contributed by atoms with van der Waals surface area (Å²) in [5, 5.41) is 20.4. The van der Waals surface area contributed by atoms with E-state index in [1.165, 1.54) is 0 Å². The molecular formula is C12H18N4. The molecule has 1 aromatic heterocycles. The van der Waals surface area contributed by atoms with Gasteiger partial charge in [0.2, 0.25) is 0 Å². The highest BCUT2D eigenvalue weighted by Gasteiger charge is 2.14. The third kappa shape index (κ3) is 2.48. The monoisotopic (exact) mass is 218 g/mol. The van der Waals surface area contributed by atoms with Crippen LogP contribution >= 0.6 is 0 Å². The Labute approximate surface area is 96.7 Å². The van der Waals surface area contributed by atoms with Gasteiger partial charge in [0, 0.05) is 6.04 Å². The predicted molar refractivity (Wildman–Crippen MR) is 64.1 cm³/mol. The van der Waals surface area contributed by atoms with Gasteiger partial charge in [0.15, 0.2) is 5.82 Å². The van der Waals surface area contributed by atoms with Crippen LogP contribution in [0.5, 0.6) is 0 Å². The highest BCUT2D eigenvalue weighted by atomic mass is 15.2. The largest absolute Gasteiger partial charge is 0.365 e. The second kappa shape index (κ2) is 4.93. The molecule has 0 spiro atoms. The fourth-order valence-electron chi connectivity index (χ4n) is 1.23. The van der Waals surface area contributed by atoms with Crippen LogP contribution in [0, 0.1) is 31.1 Å². The number of nitrogens with zero attached hydrogens (tertiary/aromatic N) is 3. The van der Waals surface area contributed by atoms with E-state index in [1.807, 2.05) is 13.8 Å². The van der Waals surface area contributed by atoms with Crippen LogP contribution in [0.15, 0.2) is 0 Å². The van der Waals surface area contributed by atoms with Crippen molar-refractivity contribution in [1.82, 2.24) is 10.2 Å². The normalized spacial score (nSPS) is 12.3. The molecule has 1 heterocycles. The molecule has 16 heavy (non-hydrogen) atoms. The summed E-state index contributed by atoms with van der Waals surface area (Å²) in [5.74, 6) is 1.07. The minimum absolute atomic E-state index is 0.267. The summed E-state index contributed by atoms with van der Waals surface area (Å²) in [4.78, 5) is 0. The molecule has 4 heteroatoms. The van der Waals surface area contributed by atoms with Crippen molar-refractivity contribution in [2.45, 2.75) is 40.7 Å². The Hall–Kier alpha value is -1.63. The fourth-order valence-corrected chi connectivity index (χ4v) is 1.23. The number of hydrogen-bond donors (Lipinski definition) is 1. The first-order valence-corrected chi connectivity index (χ1v) is 5.47. The number of nitrogens with one attached hydrogen (secondary N) is 1. The maximum absolute atomic E-state index is 9.12. The number of anilines is 1. The van der Waals surface area contributed by atoms with Crippen molar-refractivity contribution >= 4 is 5.82 Å². The fraction of sp³-hybridized carbons (Fsp3) is 0.583. The Balaban J connectivity index is 3.07. The summed E-state index contributed by atoms with van der Waals surface area (Å²) in [6.45, 7) is 10.1. The van der Waals surface area contributed by atoms with Crippen LogP contribution < -0.4 is 5.32 Å². The third-order valence-corrected chi connectivity index (χ3v) is 2.93. The van der Waals surface area contributed by atoms with Crippen molar-refractivity contribution in [3.63, 3.8) is 0 Å². The molecule has 1 atom stereocenters. The van der Waals surface area contributed by atoms with Crippen LogP contribution in [0.25, 0.3) is 0 Å². The van der Waals surface area contributed by atoms with E-state index in [0.717, 1.165) is 11.3 Å². The van der Waals surface area contributed by atoms with Gasteiger partial charge in [0.05, 0.1) is 5.69 Å². The molecule has 1 unspecified atom stereocenters. The Bertz CT molecular complexity index is 418. The van der Waals surface area contributed by atoms with E-state index >= 15 is 0 Å². The topological polar surface area (TPSA) is 61.6 Å². The highest BCUT2D eigenvalue weighted by molar-refractivity contribution is 5.56. The number of hydrogen-bond acceptors (Lipinski definition) is 4. The van der Waals surface area contributed by atoms with Crippen molar-refractivity contribution < 1.29 is 0 Å². The van der Waals surface area contributed by atoms with E-state index in [2.05, 4.69) is 42.4 Å². The van der Waals surface area contributed by atoms with Gasteiger partial charge < -0.3 is 5.32 Å². The first kappa shape index (κ1) is 12.4. The summed E-state index contributed by atoms with van der Waals surface area (Å²) in [6.07, 6.45) is 0. The lowest BCUT2D eigenvalue weighted by Crippen LogP contribution is -2.23. The van der Waals surface area contributed by atoms with Gasteiger partial charge in [-0.15, -0.1) is 5.10 Å². The van der Waals surface area contributed by atoms with Crippen LogP contribution in [0.3, 0.4) is 0 Å². The molecule has 0 aliphatic heterocycles. The van der Waals surface area contributed by atoms with Crippen molar-refractivity contribution in [2.75, 3.05) is 5.32 Å². The molecule has 0 fully saturated rings. The predicted octanol–water partition coefficient (Wildman–Crippen LogP) is 2.42. The minimum Gasteiger partial charge on any atom is -0.365 e.